The van der Waals surface area contributed by atoms with Crippen molar-refractivity contribution in [3.8, 4) is 5.75 Å². The van der Waals surface area contributed by atoms with Crippen LogP contribution in [0.25, 0.3) is 10.8 Å². The van der Waals surface area contributed by atoms with Crippen molar-refractivity contribution in [1.82, 2.24) is 0 Å². The molecule has 2 aromatic rings. The SMILES string of the molecule is OCC1O[C@H](Oc2ccc3cc(Br)ccc3c2)[C@@H](O)C(O)[C@H]1O. The summed E-state index contributed by atoms with van der Waals surface area (Å²) < 4.78 is 11.9. The van der Waals surface area contributed by atoms with Crippen LogP contribution in [0.2, 0.25) is 0 Å². The molecule has 2 unspecified atom stereocenters. The third-order valence-corrected chi connectivity index (χ3v) is 4.37. The first-order chi connectivity index (χ1) is 11.0. The van der Waals surface area contributed by atoms with E-state index < -0.39 is 37.3 Å². The lowest BCUT2D eigenvalue weighted by molar-refractivity contribution is -0.277. The molecule has 0 aromatic heterocycles. The zero-order chi connectivity index (χ0) is 16.6. The van der Waals surface area contributed by atoms with Crippen LogP contribution in [0.3, 0.4) is 0 Å². The number of aliphatic hydroxyl groups is 4. The maximum Gasteiger partial charge on any atom is 0.229 e. The van der Waals surface area contributed by atoms with E-state index in [0.717, 1.165) is 15.2 Å². The Labute approximate surface area is 141 Å². The van der Waals surface area contributed by atoms with Crippen molar-refractivity contribution >= 4 is 26.7 Å². The second-order valence-electron chi connectivity index (χ2n) is 5.47. The van der Waals surface area contributed by atoms with E-state index in [1.807, 2.05) is 24.3 Å². The van der Waals surface area contributed by atoms with Gasteiger partial charge in [-0.2, -0.15) is 0 Å². The lowest BCUT2D eigenvalue weighted by Crippen LogP contribution is -2.60. The Hall–Kier alpha value is -1.22. The lowest BCUT2D eigenvalue weighted by atomic mass is 9.99. The number of hydrogen-bond donors (Lipinski definition) is 4. The minimum Gasteiger partial charge on any atom is -0.462 e. The summed E-state index contributed by atoms with van der Waals surface area (Å²) >= 11 is 3.41. The summed E-state index contributed by atoms with van der Waals surface area (Å²) in [4.78, 5) is 0. The average molecular weight is 385 g/mol. The van der Waals surface area contributed by atoms with Crippen LogP contribution in [0.5, 0.6) is 5.75 Å². The van der Waals surface area contributed by atoms with Gasteiger partial charge in [0.05, 0.1) is 6.61 Å². The van der Waals surface area contributed by atoms with Gasteiger partial charge in [0.2, 0.25) is 6.29 Å². The zero-order valence-corrected chi connectivity index (χ0v) is 13.6. The highest BCUT2D eigenvalue weighted by atomic mass is 79.9. The minimum absolute atomic E-state index is 0.448. The molecule has 0 radical (unpaired) electrons. The molecule has 0 spiro atoms. The molecular formula is C16H17BrO6. The van der Waals surface area contributed by atoms with Gasteiger partial charge in [-0.15, -0.1) is 0 Å². The van der Waals surface area contributed by atoms with Crippen LogP contribution in [-0.4, -0.2) is 57.7 Å². The molecule has 0 bridgehead atoms. The fourth-order valence-electron chi connectivity index (χ4n) is 2.57. The molecular weight excluding hydrogens is 368 g/mol. The highest BCUT2D eigenvalue weighted by Crippen LogP contribution is 2.28. The number of halogens is 1. The molecule has 1 heterocycles. The van der Waals surface area contributed by atoms with Crippen LogP contribution in [0.1, 0.15) is 0 Å². The van der Waals surface area contributed by atoms with Gasteiger partial charge in [-0.3, -0.25) is 0 Å². The fraction of sp³-hybridized carbons (Fsp3) is 0.375. The van der Waals surface area contributed by atoms with Crippen molar-refractivity contribution in [2.24, 2.45) is 0 Å². The smallest absolute Gasteiger partial charge is 0.229 e. The van der Waals surface area contributed by atoms with Gasteiger partial charge < -0.3 is 29.9 Å². The second-order valence-corrected chi connectivity index (χ2v) is 6.38. The quantitative estimate of drug-likeness (QED) is 0.624. The highest BCUT2D eigenvalue weighted by molar-refractivity contribution is 9.10. The van der Waals surface area contributed by atoms with Gasteiger partial charge in [0.15, 0.2) is 0 Å². The van der Waals surface area contributed by atoms with Gasteiger partial charge in [-0.05, 0) is 35.0 Å². The second kappa shape index (κ2) is 6.72. The normalized spacial score (nSPS) is 31.3. The summed E-state index contributed by atoms with van der Waals surface area (Å²) in [7, 11) is 0. The van der Waals surface area contributed by atoms with Gasteiger partial charge in [-0.25, -0.2) is 0 Å². The van der Waals surface area contributed by atoms with Crippen molar-refractivity contribution < 1.29 is 29.9 Å². The summed E-state index contributed by atoms with van der Waals surface area (Å²) in [5, 5.41) is 40.6. The van der Waals surface area contributed by atoms with E-state index in [-0.39, 0.29) is 0 Å². The maximum absolute atomic E-state index is 9.98. The summed E-state index contributed by atoms with van der Waals surface area (Å²) in [6, 6.07) is 11.1. The number of fused-ring (bicyclic) bond motifs is 1. The Morgan fingerprint density at radius 3 is 2.39 bits per heavy atom. The van der Waals surface area contributed by atoms with E-state index in [1.54, 1.807) is 12.1 Å². The zero-order valence-electron chi connectivity index (χ0n) is 12.0. The molecule has 0 amide bonds. The molecule has 1 fully saturated rings. The van der Waals surface area contributed by atoms with Gasteiger partial charge >= 0.3 is 0 Å². The highest BCUT2D eigenvalue weighted by Gasteiger charge is 2.44. The third-order valence-electron chi connectivity index (χ3n) is 3.87. The Bertz CT molecular complexity index is 691. The number of ether oxygens (including phenoxy) is 2. The van der Waals surface area contributed by atoms with Crippen LogP contribution >= 0.6 is 15.9 Å². The number of benzene rings is 2. The molecule has 124 valence electrons. The van der Waals surface area contributed by atoms with Crippen LogP contribution in [-0.2, 0) is 4.74 Å². The number of rotatable bonds is 3. The third kappa shape index (κ3) is 3.35. The standard InChI is InChI=1S/C16H17BrO6/c17-10-3-1-9-6-11(4-2-8(9)5-10)22-16-15(21)14(20)13(19)12(7-18)23-16/h1-6,12-16,18-21H,7H2/t12?,13-,14?,15-,16-/m0/s1. The first-order valence-electron chi connectivity index (χ1n) is 7.16. The predicted octanol–water partition coefficient (Wildman–Crippen LogP) is 0.781. The van der Waals surface area contributed by atoms with Crippen molar-refractivity contribution in [3.63, 3.8) is 0 Å². The molecule has 2 aromatic carbocycles. The Morgan fingerprint density at radius 2 is 1.65 bits per heavy atom. The van der Waals surface area contributed by atoms with Crippen LogP contribution in [0, 0.1) is 0 Å². The molecule has 4 N–H and O–H groups in total. The van der Waals surface area contributed by atoms with Crippen molar-refractivity contribution in [3.05, 3.63) is 40.9 Å². The molecule has 5 atom stereocenters. The molecule has 0 saturated carbocycles. The van der Waals surface area contributed by atoms with E-state index in [1.165, 1.54) is 0 Å². The topological polar surface area (TPSA) is 99.4 Å². The fourth-order valence-corrected chi connectivity index (χ4v) is 2.95. The Balaban J connectivity index is 1.81. The lowest BCUT2D eigenvalue weighted by Gasteiger charge is -2.39. The predicted molar refractivity (Wildman–Crippen MR) is 86.0 cm³/mol. The Kier molecular flexibility index (Phi) is 4.86. The van der Waals surface area contributed by atoms with Crippen LogP contribution < -0.4 is 4.74 Å². The summed E-state index contributed by atoms with van der Waals surface area (Å²) in [5.41, 5.74) is 0. The van der Waals surface area contributed by atoms with Crippen molar-refractivity contribution in [1.29, 1.82) is 0 Å². The average Bonchev–Trinajstić information content (AvgIpc) is 2.55. The van der Waals surface area contributed by atoms with E-state index in [0.29, 0.717) is 5.75 Å². The van der Waals surface area contributed by atoms with Gasteiger partial charge in [-0.1, -0.05) is 28.1 Å². The summed E-state index contributed by atoms with van der Waals surface area (Å²) in [6.07, 6.45) is -6.45. The maximum atomic E-state index is 9.98. The first kappa shape index (κ1) is 16.6. The van der Waals surface area contributed by atoms with E-state index >= 15 is 0 Å². The van der Waals surface area contributed by atoms with Crippen LogP contribution in [0.4, 0.5) is 0 Å². The molecule has 7 heteroatoms. The summed E-state index contributed by atoms with van der Waals surface area (Å²) in [6.45, 7) is -0.490. The minimum atomic E-state index is -1.46. The van der Waals surface area contributed by atoms with E-state index in [2.05, 4.69) is 15.9 Å². The molecule has 3 rings (SSSR count). The first-order valence-corrected chi connectivity index (χ1v) is 7.95. The number of aliphatic hydroxyl groups excluding tert-OH is 4. The molecule has 1 aliphatic heterocycles. The molecule has 23 heavy (non-hydrogen) atoms. The van der Waals surface area contributed by atoms with Crippen LogP contribution in [0.15, 0.2) is 40.9 Å². The van der Waals surface area contributed by atoms with Gasteiger partial charge in [0.25, 0.3) is 0 Å². The molecule has 6 nitrogen and oxygen atoms in total. The molecule has 0 aliphatic carbocycles. The van der Waals surface area contributed by atoms with Gasteiger partial charge in [0, 0.05) is 4.47 Å². The van der Waals surface area contributed by atoms with E-state index in [4.69, 9.17) is 9.47 Å². The van der Waals surface area contributed by atoms with E-state index in [9.17, 15) is 20.4 Å². The molecule has 1 aliphatic rings. The van der Waals surface area contributed by atoms with Crippen molar-refractivity contribution in [2.45, 2.75) is 30.7 Å². The largest absolute Gasteiger partial charge is 0.462 e. The van der Waals surface area contributed by atoms with Crippen molar-refractivity contribution in [2.75, 3.05) is 6.61 Å². The molecule has 1 saturated heterocycles. The number of hydrogen-bond acceptors (Lipinski definition) is 6. The summed E-state index contributed by atoms with van der Waals surface area (Å²) in [5.74, 6) is 0.448. The van der Waals surface area contributed by atoms with Gasteiger partial charge in [0.1, 0.15) is 30.2 Å². The Morgan fingerprint density at radius 1 is 0.957 bits per heavy atom. The monoisotopic (exact) mass is 384 g/mol.